The number of rotatable bonds is 2. The Kier molecular flexibility index (Phi) is 4.48. The van der Waals surface area contributed by atoms with E-state index in [2.05, 4.69) is 0 Å². The molecule has 0 aromatic carbocycles. The van der Waals surface area contributed by atoms with Gasteiger partial charge in [0, 0.05) is 30.5 Å². The van der Waals surface area contributed by atoms with Crippen LogP contribution in [0.2, 0.25) is 0 Å². The van der Waals surface area contributed by atoms with Gasteiger partial charge in [-0.15, -0.1) is 0 Å². The Morgan fingerprint density at radius 3 is 2.45 bits per heavy atom. The minimum Gasteiger partial charge on any atom is -0.380 e. The number of hydrogen-bond acceptors (Lipinski definition) is 2. The molecule has 0 aromatic rings. The molecule has 1 aliphatic carbocycles. The van der Waals surface area contributed by atoms with Gasteiger partial charge in [-0.2, -0.15) is 13.2 Å². The molecule has 22 heavy (non-hydrogen) atoms. The van der Waals surface area contributed by atoms with Crippen molar-refractivity contribution in [2.24, 2.45) is 5.41 Å². The highest BCUT2D eigenvalue weighted by molar-refractivity contribution is 5.24. The van der Waals surface area contributed by atoms with Crippen molar-refractivity contribution in [3.63, 3.8) is 0 Å². The topological polar surface area (TPSA) is 23.5 Å². The molecule has 3 atom stereocenters. The Hall–Kier alpha value is -0.880. The first-order valence-electron chi connectivity index (χ1n) is 7.58. The van der Waals surface area contributed by atoms with Crippen molar-refractivity contribution in [3.05, 3.63) is 24.1 Å². The van der Waals surface area contributed by atoms with E-state index >= 15 is 0 Å². The molecule has 0 aromatic heterocycles. The Labute approximate surface area is 128 Å². The van der Waals surface area contributed by atoms with Crippen LogP contribution in [0.15, 0.2) is 24.1 Å². The van der Waals surface area contributed by atoms with Crippen LogP contribution in [0.4, 0.5) is 17.6 Å². The summed E-state index contributed by atoms with van der Waals surface area (Å²) in [5.41, 5.74) is -3.29. The Morgan fingerprint density at radius 1 is 1.36 bits per heavy atom. The number of allylic oxidation sites excluding steroid dienone is 3. The second-order valence-corrected chi connectivity index (χ2v) is 6.96. The van der Waals surface area contributed by atoms with Crippen LogP contribution in [0.3, 0.4) is 0 Å². The maximum Gasteiger partial charge on any atom is 0.417 e. The van der Waals surface area contributed by atoms with Crippen molar-refractivity contribution in [2.75, 3.05) is 6.54 Å². The summed E-state index contributed by atoms with van der Waals surface area (Å²) < 4.78 is 52.9. The summed E-state index contributed by atoms with van der Waals surface area (Å²) in [5.74, 6) is -0.365. The monoisotopic (exact) mass is 321 g/mol. The van der Waals surface area contributed by atoms with Gasteiger partial charge in [-0.1, -0.05) is 13.0 Å². The van der Waals surface area contributed by atoms with Crippen LogP contribution < -0.4 is 0 Å². The number of piperidine rings is 1. The Morgan fingerprint density at radius 2 is 2.00 bits per heavy atom. The molecule has 0 amide bonds. The zero-order valence-electron chi connectivity index (χ0n) is 13.1. The normalized spacial score (nSPS) is 37.5. The number of aliphatic hydroxyl groups is 1. The van der Waals surface area contributed by atoms with Gasteiger partial charge in [0.2, 0.25) is 0 Å². The molecule has 1 unspecified atom stereocenters. The molecule has 6 heteroatoms. The van der Waals surface area contributed by atoms with Gasteiger partial charge in [-0.05, 0) is 38.8 Å². The molecular weight excluding hydrogens is 298 g/mol. The lowest BCUT2D eigenvalue weighted by Gasteiger charge is -2.52. The highest BCUT2D eigenvalue weighted by Gasteiger charge is 2.59. The molecule has 0 spiro atoms. The van der Waals surface area contributed by atoms with Crippen LogP contribution in [0.5, 0.6) is 0 Å². The molecule has 1 saturated heterocycles. The van der Waals surface area contributed by atoms with Crippen LogP contribution in [0.25, 0.3) is 0 Å². The summed E-state index contributed by atoms with van der Waals surface area (Å²) in [6.45, 7) is 5.86. The number of halogens is 4. The van der Waals surface area contributed by atoms with E-state index in [1.54, 1.807) is 6.08 Å². The lowest BCUT2D eigenvalue weighted by atomic mass is 9.69. The molecule has 0 radical (unpaired) electrons. The summed E-state index contributed by atoms with van der Waals surface area (Å²) in [6, 6.07) is -0.433. The summed E-state index contributed by atoms with van der Waals surface area (Å²) in [4.78, 5) is 1.99. The van der Waals surface area contributed by atoms with Gasteiger partial charge < -0.3 is 5.11 Å². The highest BCUT2D eigenvalue weighted by atomic mass is 19.4. The molecule has 2 rings (SSSR count). The van der Waals surface area contributed by atoms with Crippen molar-refractivity contribution in [2.45, 2.75) is 63.9 Å². The minimum absolute atomic E-state index is 0.0590. The molecule has 2 nitrogen and oxygen atoms in total. The van der Waals surface area contributed by atoms with Crippen molar-refractivity contribution in [1.82, 2.24) is 4.90 Å². The number of nitrogens with zero attached hydrogens (tertiary/aromatic N) is 1. The number of hydrogen-bond donors (Lipinski definition) is 1. The zero-order valence-corrected chi connectivity index (χ0v) is 13.1. The van der Waals surface area contributed by atoms with Gasteiger partial charge >= 0.3 is 6.18 Å². The van der Waals surface area contributed by atoms with Gasteiger partial charge in [0.1, 0.15) is 5.83 Å². The smallest absolute Gasteiger partial charge is 0.380 e. The van der Waals surface area contributed by atoms with Crippen molar-refractivity contribution in [3.8, 4) is 0 Å². The first-order valence-corrected chi connectivity index (χ1v) is 7.58. The van der Waals surface area contributed by atoms with Gasteiger partial charge in [0.25, 0.3) is 0 Å². The Balaban J connectivity index is 2.33. The van der Waals surface area contributed by atoms with Gasteiger partial charge in [0.05, 0.1) is 0 Å². The van der Waals surface area contributed by atoms with E-state index < -0.39 is 23.2 Å². The van der Waals surface area contributed by atoms with Crippen LogP contribution >= 0.6 is 0 Å². The van der Waals surface area contributed by atoms with Crippen LogP contribution in [-0.4, -0.2) is 40.4 Å². The lowest BCUT2D eigenvalue weighted by molar-refractivity contribution is -0.282. The van der Waals surface area contributed by atoms with E-state index in [1.807, 2.05) is 25.7 Å². The maximum absolute atomic E-state index is 13.2. The average molecular weight is 321 g/mol. The first-order chi connectivity index (χ1) is 9.98. The predicted octanol–water partition coefficient (Wildman–Crippen LogP) is 3.97. The molecule has 1 aliphatic heterocycles. The first kappa shape index (κ1) is 17.5. The lowest BCUT2D eigenvalue weighted by Crippen LogP contribution is -2.62. The minimum atomic E-state index is -4.65. The Bertz CT molecular complexity index is 485. The van der Waals surface area contributed by atoms with Gasteiger partial charge in [-0.25, -0.2) is 4.39 Å². The highest BCUT2D eigenvalue weighted by Crippen LogP contribution is 2.47. The largest absolute Gasteiger partial charge is 0.417 e. The fraction of sp³-hybridized carbons (Fsp3) is 0.750. The number of alkyl halides is 3. The van der Waals surface area contributed by atoms with Gasteiger partial charge in [-0.3, -0.25) is 4.90 Å². The van der Waals surface area contributed by atoms with Gasteiger partial charge in [0.15, 0.2) is 5.60 Å². The number of likely N-dealkylation sites (tertiary alicyclic amines) is 1. The third kappa shape index (κ3) is 3.08. The molecule has 0 saturated carbocycles. The van der Waals surface area contributed by atoms with E-state index in [4.69, 9.17) is 0 Å². The van der Waals surface area contributed by atoms with E-state index in [0.717, 1.165) is 0 Å². The molecule has 2 aliphatic rings. The molecule has 0 bridgehead atoms. The molecule has 1 fully saturated rings. The molecular formula is C16H23F4NO. The molecule has 1 heterocycles. The maximum atomic E-state index is 13.2. The van der Waals surface area contributed by atoms with E-state index in [-0.39, 0.29) is 31.3 Å². The van der Waals surface area contributed by atoms with E-state index in [0.29, 0.717) is 6.42 Å². The SMILES string of the molecule is CC(C)N1CC[C@](O)(C(F)(F)F)C[C@@H]1C1(C)C=CC(F)=CC1. The quantitative estimate of drug-likeness (QED) is 0.778. The zero-order chi connectivity index (χ0) is 16.8. The summed E-state index contributed by atoms with van der Waals surface area (Å²) in [7, 11) is 0. The standard InChI is InChI=1S/C16H23F4NO/c1-11(2)21-9-8-15(22,16(18,19)20)10-13(21)14(3)6-4-12(17)5-7-14/h4-6,11,13,22H,7-10H2,1-3H3/t13-,14?,15-/m1/s1. The predicted molar refractivity (Wildman–Crippen MR) is 76.9 cm³/mol. The van der Waals surface area contributed by atoms with Crippen molar-refractivity contribution < 1.29 is 22.7 Å². The third-order valence-electron chi connectivity index (χ3n) is 5.03. The summed E-state index contributed by atoms with van der Waals surface area (Å²) in [5, 5.41) is 10.1. The second kappa shape index (κ2) is 5.64. The van der Waals surface area contributed by atoms with Crippen molar-refractivity contribution >= 4 is 0 Å². The van der Waals surface area contributed by atoms with E-state index in [1.165, 1.54) is 12.2 Å². The van der Waals surface area contributed by atoms with Crippen LogP contribution in [-0.2, 0) is 0 Å². The summed E-state index contributed by atoms with van der Waals surface area (Å²) in [6.07, 6.45) is -0.672. The molecule has 1 N–H and O–H groups in total. The summed E-state index contributed by atoms with van der Waals surface area (Å²) >= 11 is 0. The van der Waals surface area contributed by atoms with E-state index in [9.17, 15) is 22.7 Å². The third-order valence-corrected chi connectivity index (χ3v) is 5.03. The molecule has 126 valence electrons. The second-order valence-electron chi connectivity index (χ2n) is 6.96. The van der Waals surface area contributed by atoms with Crippen molar-refractivity contribution in [1.29, 1.82) is 0 Å². The van der Waals surface area contributed by atoms with Crippen LogP contribution in [0, 0.1) is 5.41 Å². The average Bonchev–Trinajstić information content (AvgIpc) is 2.41. The fourth-order valence-electron chi connectivity index (χ4n) is 3.47. The van der Waals surface area contributed by atoms with Crippen LogP contribution in [0.1, 0.15) is 40.0 Å². The fourth-order valence-corrected chi connectivity index (χ4v) is 3.47.